The average molecular weight is 140 g/mol. The predicted octanol–water partition coefficient (Wildman–Crippen LogP) is 0.124. The van der Waals surface area contributed by atoms with Gasteiger partial charge in [-0.1, -0.05) is 5.16 Å². The van der Waals surface area contributed by atoms with Crippen molar-refractivity contribution in [2.75, 3.05) is 6.54 Å². The fourth-order valence-corrected chi connectivity index (χ4v) is 0.652. The number of aryl methyl sites for hydroxylation is 1. The fraction of sp³-hybridized carbons (Fsp3) is 0.333. The molecule has 10 heavy (non-hydrogen) atoms. The summed E-state index contributed by atoms with van der Waals surface area (Å²) in [4.78, 5) is 10.8. The molecule has 4 heteroatoms. The van der Waals surface area contributed by atoms with E-state index in [-0.39, 0.29) is 18.1 Å². The Morgan fingerprint density at radius 1 is 1.90 bits per heavy atom. The molecule has 0 atom stereocenters. The molecule has 0 bridgehead atoms. The van der Waals surface area contributed by atoms with Crippen molar-refractivity contribution in [3.63, 3.8) is 0 Å². The van der Waals surface area contributed by atoms with Crippen LogP contribution in [0.3, 0.4) is 0 Å². The molecule has 0 aliphatic rings. The monoisotopic (exact) mass is 140 g/mol. The lowest BCUT2D eigenvalue weighted by molar-refractivity contribution is 0.0965. The topological polar surface area (TPSA) is 69.1 Å². The zero-order chi connectivity index (χ0) is 7.56. The van der Waals surface area contributed by atoms with E-state index in [0.29, 0.717) is 0 Å². The number of hydrogen-bond acceptors (Lipinski definition) is 4. The number of rotatable bonds is 2. The lowest BCUT2D eigenvalue weighted by atomic mass is 10.2. The van der Waals surface area contributed by atoms with Crippen molar-refractivity contribution in [1.82, 2.24) is 5.16 Å². The van der Waals surface area contributed by atoms with Gasteiger partial charge in [-0.15, -0.1) is 0 Å². The van der Waals surface area contributed by atoms with Crippen LogP contribution in [0.5, 0.6) is 0 Å². The van der Waals surface area contributed by atoms with Gasteiger partial charge in [-0.3, -0.25) is 4.79 Å². The molecule has 1 rings (SSSR count). The van der Waals surface area contributed by atoms with Crippen molar-refractivity contribution in [2.24, 2.45) is 5.73 Å². The van der Waals surface area contributed by atoms with Crippen molar-refractivity contribution in [1.29, 1.82) is 0 Å². The first-order valence-electron chi connectivity index (χ1n) is 2.90. The van der Waals surface area contributed by atoms with Gasteiger partial charge in [0.1, 0.15) is 0 Å². The maximum Gasteiger partial charge on any atom is 0.214 e. The van der Waals surface area contributed by atoms with E-state index in [0.717, 1.165) is 5.56 Å². The van der Waals surface area contributed by atoms with Crippen molar-refractivity contribution >= 4 is 5.78 Å². The van der Waals surface area contributed by atoms with Crippen molar-refractivity contribution in [3.8, 4) is 0 Å². The molecule has 1 aromatic rings. The number of carbonyl (C=O) groups is 1. The molecular formula is C6H8N2O2. The minimum Gasteiger partial charge on any atom is -0.353 e. The van der Waals surface area contributed by atoms with Gasteiger partial charge >= 0.3 is 0 Å². The van der Waals surface area contributed by atoms with Crippen LogP contribution in [0, 0.1) is 6.92 Å². The van der Waals surface area contributed by atoms with Gasteiger partial charge in [-0.05, 0) is 6.92 Å². The van der Waals surface area contributed by atoms with Crippen molar-refractivity contribution in [3.05, 3.63) is 17.5 Å². The molecule has 0 fully saturated rings. The Morgan fingerprint density at radius 2 is 2.60 bits per heavy atom. The molecule has 0 unspecified atom stereocenters. The number of ketones is 1. The molecule has 1 aromatic heterocycles. The van der Waals surface area contributed by atoms with Gasteiger partial charge < -0.3 is 10.3 Å². The smallest absolute Gasteiger partial charge is 0.214 e. The second-order valence-corrected chi connectivity index (χ2v) is 1.97. The Morgan fingerprint density at radius 3 is 3.00 bits per heavy atom. The standard InChI is InChI=1S/C6H8N2O2/c1-4-3-8-10-6(4)5(9)2-7/h3H,2,7H2,1H3. The van der Waals surface area contributed by atoms with Gasteiger partial charge in [0, 0.05) is 5.56 Å². The fourth-order valence-electron chi connectivity index (χ4n) is 0.652. The maximum absolute atomic E-state index is 10.8. The first-order valence-corrected chi connectivity index (χ1v) is 2.90. The van der Waals surface area contributed by atoms with Gasteiger partial charge in [-0.2, -0.15) is 0 Å². The molecule has 0 aliphatic carbocycles. The quantitative estimate of drug-likeness (QED) is 0.592. The number of Topliss-reactive ketones (excluding diaryl/α,β-unsaturated/α-hetero) is 1. The van der Waals surface area contributed by atoms with Crippen LogP contribution in [0.4, 0.5) is 0 Å². The molecule has 0 saturated heterocycles. The number of carbonyl (C=O) groups excluding carboxylic acids is 1. The lowest BCUT2D eigenvalue weighted by Crippen LogP contribution is -2.13. The van der Waals surface area contributed by atoms with Gasteiger partial charge in [0.2, 0.25) is 11.5 Å². The summed E-state index contributed by atoms with van der Waals surface area (Å²) in [7, 11) is 0. The largest absolute Gasteiger partial charge is 0.353 e. The zero-order valence-corrected chi connectivity index (χ0v) is 5.63. The van der Waals surface area contributed by atoms with E-state index in [1.807, 2.05) is 0 Å². The van der Waals surface area contributed by atoms with E-state index >= 15 is 0 Å². The Bertz CT molecular complexity index is 242. The highest BCUT2D eigenvalue weighted by molar-refractivity contribution is 5.95. The molecular weight excluding hydrogens is 132 g/mol. The van der Waals surface area contributed by atoms with Crippen LogP contribution in [0.1, 0.15) is 16.1 Å². The molecule has 0 aromatic carbocycles. The van der Waals surface area contributed by atoms with Crippen LogP contribution in [-0.4, -0.2) is 17.5 Å². The highest BCUT2D eigenvalue weighted by Crippen LogP contribution is 2.05. The summed E-state index contributed by atoms with van der Waals surface area (Å²) in [6.07, 6.45) is 1.49. The number of aromatic nitrogens is 1. The average Bonchev–Trinajstić information content (AvgIpc) is 2.34. The third-order valence-electron chi connectivity index (χ3n) is 1.19. The summed E-state index contributed by atoms with van der Waals surface area (Å²) in [6.45, 7) is 1.72. The molecule has 0 radical (unpaired) electrons. The van der Waals surface area contributed by atoms with E-state index in [1.165, 1.54) is 6.20 Å². The minimum absolute atomic E-state index is 0.0317. The normalized spacial score (nSPS) is 9.80. The molecule has 4 nitrogen and oxygen atoms in total. The van der Waals surface area contributed by atoms with E-state index in [4.69, 9.17) is 5.73 Å². The van der Waals surface area contributed by atoms with Crippen LogP contribution in [-0.2, 0) is 0 Å². The summed E-state index contributed by atoms with van der Waals surface area (Å²) < 4.78 is 4.64. The highest BCUT2D eigenvalue weighted by atomic mass is 16.5. The summed E-state index contributed by atoms with van der Waals surface area (Å²) in [5.41, 5.74) is 5.83. The maximum atomic E-state index is 10.8. The highest BCUT2D eigenvalue weighted by Gasteiger charge is 2.10. The van der Waals surface area contributed by atoms with Crippen LogP contribution >= 0.6 is 0 Å². The van der Waals surface area contributed by atoms with Gasteiger partial charge in [0.15, 0.2) is 0 Å². The summed E-state index contributed by atoms with van der Waals surface area (Å²) >= 11 is 0. The first kappa shape index (κ1) is 6.95. The second-order valence-electron chi connectivity index (χ2n) is 1.97. The van der Waals surface area contributed by atoms with Gasteiger partial charge in [0.25, 0.3) is 0 Å². The van der Waals surface area contributed by atoms with Gasteiger partial charge in [0.05, 0.1) is 12.7 Å². The molecule has 54 valence electrons. The van der Waals surface area contributed by atoms with E-state index < -0.39 is 0 Å². The number of nitrogens with zero attached hydrogens (tertiary/aromatic N) is 1. The van der Waals surface area contributed by atoms with E-state index in [1.54, 1.807) is 6.92 Å². The SMILES string of the molecule is Cc1cnoc1C(=O)CN. The third kappa shape index (κ3) is 1.06. The van der Waals surface area contributed by atoms with Crippen LogP contribution in [0.15, 0.2) is 10.7 Å². The molecule has 0 saturated carbocycles. The minimum atomic E-state index is -0.213. The second kappa shape index (κ2) is 2.62. The van der Waals surface area contributed by atoms with Crippen LogP contribution in [0.2, 0.25) is 0 Å². The summed E-state index contributed by atoms with van der Waals surface area (Å²) in [5, 5.41) is 3.44. The van der Waals surface area contributed by atoms with Crippen molar-refractivity contribution < 1.29 is 9.32 Å². The first-order chi connectivity index (χ1) is 4.75. The number of hydrogen-bond donors (Lipinski definition) is 1. The molecule has 0 spiro atoms. The third-order valence-corrected chi connectivity index (χ3v) is 1.19. The molecule has 2 N–H and O–H groups in total. The van der Waals surface area contributed by atoms with Crippen LogP contribution < -0.4 is 5.73 Å². The molecule has 0 aliphatic heterocycles. The zero-order valence-electron chi connectivity index (χ0n) is 5.63. The molecule has 1 heterocycles. The van der Waals surface area contributed by atoms with Crippen molar-refractivity contribution in [2.45, 2.75) is 6.92 Å². The van der Waals surface area contributed by atoms with Gasteiger partial charge in [-0.25, -0.2) is 0 Å². The summed E-state index contributed by atoms with van der Waals surface area (Å²) in [5.74, 6) is 0.0532. The Balaban J connectivity index is 2.93. The summed E-state index contributed by atoms with van der Waals surface area (Å²) in [6, 6.07) is 0. The Labute approximate surface area is 58.0 Å². The van der Waals surface area contributed by atoms with Crippen LogP contribution in [0.25, 0.3) is 0 Å². The Hall–Kier alpha value is -1.16. The van der Waals surface area contributed by atoms with E-state index in [9.17, 15) is 4.79 Å². The molecule has 0 amide bonds. The number of nitrogens with two attached hydrogens (primary N) is 1. The lowest BCUT2D eigenvalue weighted by Gasteiger charge is -1.89. The Kier molecular flexibility index (Phi) is 1.82. The van der Waals surface area contributed by atoms with E-state index in [2.05, 4.69) is 9.68 Å². The predicted molar refractivity (Wildman–Crippen MR) is 34.6 cm³/mol.